The Labute approximate surface area is 134 Å². The minimum Gasteiger partial charge on any atom is -0.478 e. The first-order valence-electron chi connectivity index (χ1n) is 6.69. The zero-order valence-electron chi connectivity index (χ0n) is 12.9. The molecule has 0 aliphatic heterocycles. The Morgan fingerprint density at radius 2 is 1.87 bits per heavy atom. The molecule has 1 aromatic rings. The number of carboxylic acids is 1. The number of carboxylic acid groups (broad SMARTS) is 1. The molecule has 23 heavy (non-hydrogen) atoms. The van der Waals surface area contributed by atoms with E-state index in [-0.39, 0.29) is 29.2 Å². The van der Waals surface area contributed by atoms with Gasteiger partial charge in [0.1, 0.15) is 0 Å². The van der Waals surface area contributed by atoms with Crippen LogP contribution in [0.15, 0.2) is 23.1 Å². The molecule has 0 heterocycles. The van der Waals surface area contributed by atoms with Gasteiger partial charge in [-0.2, -0.15) is 0 Å². The Morgan fingerprint density at radius 1 is 1.17 bits per heavy atom. The van der Waals surface area contributed by atoms with Gasteiger partial charge >= 0.3 is 5.97 Å². The fraction of sp³-hybridized carbons (Fsp3) is 0.429. The molecule has 0 aliphatic rings. The number of ether oxygens (including phenoxy) is 2. The average Bonchev–Trinajstić information content (AvgIpc) is 2.45. The minimum atomic E-state index is -3.60. The third-order valence-corrected chi connectivity index (χ3v) is 3.86. The maximum Gasteiger partial charge on any atom is 0.335 e. The third kappa shape index (κ3) is 6.76. The van der Waals surface area contributed by atoms with Crippen LogP contribution in [0.3, 0.4) is 0 Å². The highest BCUT2D eigenvalue weighted by Gasteiger charge is 2.14. The van der Waals surface area contributed by atoms with Crippen molar-refractivity contribution >= 4 is 27.4 Å². The predicted molar refractivity (Wildman–Crippen MR) is 82.5 cm³/mol. The number of hydrogen-bond donors (Lipinski definition) is 2. The molecule has 128 valence electrons. The molecule has 9 heteroatoms. The number of carbonyl (C=O) groups is 2. The van der Waals surface area contributed by atoms with Gasteiger partial charge in [-0.3, -0.25) is 4.79 Å². The average molecular weight is 345 g/mol. The lowest BCUT2D eigenvalue weighted by atomic mass is 10.2. The van der Waals surface area contributed by atoms with Gasteiger partial charge in [-0.05, 0) is 18.2 Å². The summed E-state index contributed by atoms with van der Waals surface area (Å²) in [5.41, 5.74) is -0.119. The van der Waals surface area contributed by atoms with Gasteiger partial charge in [-0.1, -0.05) is 0 Å². The molecule has 0 atom stereocenters. The van der Waals surface area contributed by atoms with E-state index in [1.165, 1.54) is 19.2 Å². The van der Waals surface area contributed by atoms with Crippen molar-refractivity contribution < 1.29 is 32.6 Å². The Hall–Kier alpha value is -1.97. The number of amides is 1. The lowest BCUT2D eigenvalue weighted by Gasteiger charge is -2.09. The maximum atomic E-state index is 11.8. The maximum absolute atomic E-state index is 11.8. The van der Waals surface area contributed by atoms with Crippen LogP contribution in [-0.4, -0.2) is 58.6 Å². The van der Waals surface area contributed by atoms with Crippen molar-refractivity contribution in [1.82, 2.24) is 0 Å². The Bertz CT molecular complexity index is 670. The van der Waals surface area contributed by atoms with E-state index < -0.39 is 21.7 Å². The van der Waals surface area contributed by atoms with Gasteiger partial charge in [0.15, 0.2) is 9.84 Å². The van der Waals surface area contributed by atoms with Crippen LogP contribution >= 0.6 is 0 Å². The van der Waals surface area contributed by atoms with E-state index in [1.54, 1.807) is 0 Å². The van der Waals surface area contributed by atoms with Crippen LogP contribution in [0.2, 0.25) is 0 Å². The summed E-state index contributed by atoms with van der Waals surface area (Å²) < 4.78 is 33.1. The van der Waals surface area contributed by atoms with Crippen molar-refractivity contribution in [1.29, 1.82) is 0 Å². The standard InChI is InChI=1S/C14H19NO7S/c1-21-5-6-22-4-3-13(16)15-11-7-10(14(17)18)8-12(9-11)23(2,19)20/h7-9H,3-6H2,1-2H3,(H,15,16)(H,17,18). The van der Waals surface area contributed by atoms with E-state index in [9.17, 15) is 18.0 Å². The highest BCUT2D eigenvalue weighted by Crippen LogP contribution is 2.19. The molecule has 1 rings (SSSR count). The molecule has 0 aromatic heterocycles. The number of hydrogen-bond acceptors (Lipinski definition) is 6. The number of benzene rings is 1. The number of anilines is 1. The highest BCUT2D eigenvalue weighted by molar-refractivity contribution is 7.90. The molecule has 8 nitrogen and oxygen atoms in total. The summed E-state index contributed by atoms with van der Waals surface area (Å²) in [7, 11) is -2.06. The van der Waals surface area contributed by atoms with Crippen LogP contribution in [0.4, 0.5) is 5.69 Å². The lowest BCUT2D eigenvalue weighted by Crippen LogP contribution is -2.16. The Kier molecular flexibility index (Phi) is 7.14. The molecule has 1 aromatic carbocycles. The molecular weight excluding hydrogens is 326 g/mol. The van der Waals surface area contributed by atoms with Gasteiger partial charge in [-0.15, -0.1) is 0 Å². The number of carbonyl (C=O) groups excluding carboxylic acids is 1. The summed E-state index contributed by atoms with van der Waals surface area (Å²) in [4.78, 5) is 22.6. The van der Waals surface area contributed by atoms with Crippen molar-refractivity contribution in [3.8, 4) is 0 Å². The molecule has 0 spiro atoms. The molecule has 1 amide bonds. The lowest BCUT2D eigenvalue weighted by molar-refractivity contribution is -0.117. The van der Waals surface area contributed by atoms with Gasteiger partial charge in [0.2, 0.25) is 5.91 Å². The molecular formula is C14H19NO7S. The van der Waals surface area contributed by atoms with Crippen LogP contribution in [0.1, 0.15) is 16.8 Å². The number of aromatic carboxylic acids is 1. The van der Waals surface area contributed by atoms with E-state index >= 15 is 0 Å². The second-order valence-electron chi connectivity index (χ2n) is 4.73. The van der Waals surface area contributed by atoms with Gasteiger partial charge in [0.25, 0.3) is 0 Å². The molecule has 0 fully saturated rings. The zero-order chi connectivity index (χ0) is 17.5. The quantitative estimate of drug-likeness (QED) is 0.635. The summed E-state index contributed by atoms with van der Waals surface area (Å²) >= 11 is 0. The van der Waals surface area contributed by atoms with Gasteiger partial charge < -0.3 is 19.9 Å². The second kappa shape index (κ2) is 8.61. The summed E-state index contributed by atoms with van der Waals surface area (Å²) in [6, 6.07) is 3.45. The molecule has 0 bridgehead atoms. The molecule has 0 saturated carbocycles. The molecule has 0 saturated heterocycles. The number of sulfone groups is 1. The van der Waals surface area contributed by atoms with Crippen molar-refractivity contribution in [3.63, 3.8) is 0 Å². The van der Waals surface area contributed by atoms with Crippen LogP contribution < -0.4 is 5.32 Å². The fourth-order valence-corrected chi connectivity index (χ4v) is 2.32. The minimum absolute atomic E-state index is 0.0508. The van der Waals surface area contributed by atoms with Crippen LogP contribution in [0, 0.1) is 0 Å². The van der Waals surface area contributed by atoms with Gasteiger partial charge in [0.05, 0.1) is 36.7 Å². The predicted octanol–water partition coefficient (Wildman–Crippen LogP) is 0.780. The summed E-state index contributed by atoms with van der Waals surface area (Å²) in [6.07, 6.45) is 1.01. The first-order chi connectivity index (χ1) is 10.7. The molecule has 0 unspecified atom stereocenters. The van der Waals surface area contributed by atoms with Crippen LogP contribution in [0.25, 0.3) is 0 Å². The van der Waals surface area contributed by atoms with Crippen LogP contribution in [0.5, 0.6) is 0 Å². The topological polar surface area (TPSA) is 119 Å². The first kappa shape index (κ1) is 19.1. The monoisotopic (exact) mass is 345 g/mol. The van der Waals surface area contributed by atoms with E-state index in [0.717, 1.165) is 12.3 Å². The zero-order valence-corrected chi connectivity index (χ0v) is 13.7. The Balaban J connectivity index is 2.77. The largest absolute Gasteiger partial charge is 0.478 e. The number of methoxy groups -OCH3 is 1. The SMILES string of the molecule is COCCOCCC(=O)Nc1cc(C(=O)O)cc(S(C)(=O)=O)c1. The van der Waals surface area contributed by atoms with Gasteiger partial charge in [-0.25, -0.2) is 13.2 Å². The highest BCUT2D eigenvalue weighted by atomic mass is 32.2. The number of nitrogens with one attached hydrogen (secondary N) is 1. The van der Waals surface area contributed by atoms with Gasteiger partial charge in [0, 0.05) is 19.1 Å². The smallest absolute Gasteiger partial charge is 0.335 e. The molecule has 0 radical (unpaired) electrons. The Morgan fingerprint density at radius 3 is 2.43 bits per heavy atom. The van der Waals surface area contributed by atoms with Crippen molar-refractivity contribution in [3.05, 3.63) is 23.8 Å². The third-order valence-electron chi connectivity index (χ3n) is 2.77. The summed E-state index contributed by atoms with van der Waals surface area (Å²) in [5, 5.41) is 11.5. The van der Waals surface area contributed by atoms with E-state index in [0.29, 0.717) is 13.2 Å². The number of rotatable bonds is 9. The van der Waals surface area contributed by atoms with Crippen molar-refractivity contribution in [2.75, 3.05) is 38.5 Å². The summed E-state index contributed by atoms with van der Waals surface area (Å²) in [5.74, 6) is -1.70. The van der Waals surface area contributed by atoms with E-state index in [4.69, 9.17) is 14.6 Å². The molecule has 0 aliphatic carbocycles. The normalized spacial score (nSPS) is 11.2. The summed E-state index contributed by atoms with van der Waals surface area (Å²) in [6.45, 7) is 0.948. The fourth-order valence-electron chi connectivity index (χ4n) is 1.64. The van der Waals surface area contributed by atoms with Crippen molar-refractivity contribution in [2.45, 2.75) is 11.3 Å². The van der Waals surface area contributed by atoms with E-state index in [2.05, 4.69) is 5.32 Å². The van der Waals surface area contributed by atoms with E-state index in [1.807, 2.05) is 0 Å². The van der Waals surface area contributed by atoms with Crippen molar-refractivity contribution in [2.24, 2.45) is 0 Å². The van der Waals surface area contributed by atoms with Crippen LogP contribution in [-0.2, 0) is 24.1 Å². The second-order valence-corrected chi connectivity index (χ2v) is 6.74. The first-order valence-corrected chi connectivity index (χ1v) is 8.58. The molecule has 2 N–H and O–H groups in total.